The molecule has 0 saturated carbocycles. The lowest BCUT2D eigenvalue weighted by molar-refractivity contribution is 1.15. The maximum Gasteiger partial charge on any atom is 0.160 e. The molecule has 0 spiro atoms. The van der Waals surface area contributed by atoms with Crippen LogP contribution in [-0.2, 0) is 0 Å². The Hall–Kier alpha value is -9.06. The predicted molar refractivity (Wildman–Crippen MR) is 275 cm³/mol. The number of fused-ring (bicyclic) bond motifs is 3. The molecule has 0 fully saturated rings. The van der Waals surface area contributed by atoms with Crippen molar-refractivity contribution in [1.82, 2.24) is 24.5 Å². The van der Waals surface area contributed by atoms with Crippen LogP contribution in [-0.4, -0.2) is 24.5 Å². The molecule has 0 saturated heterocycles. The van der Waals surface area contributed by atoms with Crippen LogP contribution in [0.4, 0.5) is 0 Å². The number of nitrogens with zero attached hydrogens (tertiary/aromatic N) is 5. The minimum atomic E-state index is 0.684. The van der Waals surface area contributed by atoms with Crippen LogP contribution in [0.1, 0.15) is 0 Å². The van der Waals surface area contributed by atoms with Crippen molar-refractivity contribution in [3.63, 3.8) is 0 Å². The van der Waals surface area contributed by atoms with Gasteiger partial charge in [0.25, 0.3) is 0 Å². The first-order valence-corrected chi connectivity index (χ1v) is 22.5. The zero-order valence-electron chi connectivity index (χ0n) is 36.4. The van der Waals surface area contributed by atoms with E-state index in [1.807, 2.05) is 42.5 Å². The number of rotatable bonds is 9. The Morgan fingerprint density at radius 1 is 0.269 bits per heavy atom. The lowest BCUT2D eigenvalue weighted by Crippen LogP contribution is -1.99. The van der Waals surface area contributed by atoms with Gasteiger partial charge in [-0.25, -0.2) is 19.9 Å². The second-order valence-electron chi connectivity index (χ2n) is 16.7. The molecule has 12 aromatic rings. The van der Waals surface area contributed by atoms with Crippen molar-refractivity contribution in [1.29, 1.82) is 0 Å². The van der Waals surface area contributed by atoms with Crippen molar-refractivity contribution in [2.24, 2.45) is 0 Å². The quantitative estimate of drug-likeness (QED) is 0.145. The summed E-state index contributed by atoms with van der Waals surface area (Å²) in [6, 6.07) is 86.8. The standard InChI is InChI=1S/C62H41N5/c1-5-19-42(20-6-1)55-41-56(43-21-7-2-8-22-43)64-61(63-55)51-31-17-29-49(39-51)47-27-15-25-45(37-47)46-26-16-28-48(38-46)50-30-18-32-52(40-50)62-65-58(44-23-9-3-10-24-44)60-59(66-62)54-35-13-14-36-57(54)67(60)53-33-11-4-12-34-53/h1-41H. The average molecular weight is 856 g/mol. The monoisotopic (exact) mass is 855 g/mol. The van der Waals surface area contributed by atoms with Crippen LogP contribution in [0.3, 0.4) is 0 Å². The van der Waals surface area contributed by atoms with E-state index in [1.54, 1.807) is 0 Å². The van der Waals surface area contributed by atoms with Crippen LogP contribution in [0.25, 0.3) is 118 Å². The largest absolute Gasteiger partial charge is 0.306 e. The molecule has 0 aliphatic carbocycles. The van der Waals surface area contributed by atoms with E-state index in [4.69, 9.17) is 19.9 Å². The third-order valence-electron chi connectivity index (χ3n) is 12.4. The van der Waals surface area contributed by atoms with Gasteiger partial charge in [0.2, 0.25) is 0 Å². The highest BCUT2D eigenvalue weighted by Crippen LogP contribution is 2.39. The van der Waals surface area contributed by atoms with E-state index in [1.165, 1.54) is 0 Å². The van der Waals surface area contributed by atoms with Gasteiger partial charge in [0.1, 0.15) is 5.52 Å². The molecule has 0 bridgehead atoms. The third-order valence-corrected chi connectivity index (χ3v) is 12.4. The summed E-state index contributed by atoms with van der Waals surface area (Å²) in [5.74, 6) is 1.37. The lowest BCUT2D eigenvalue weighted by Gasteiger charge is -2.13. The highest BCUT2D eigenvalue weighted by Gasteiger charge is 2.21. The van der Waals surface area contributed by atoms with Crippen LogP contribution in [0.15, 0.2) is 249 Å². The van der Waals surface area contributed by atoms with E-state index in [0.717, 1.165) is 106 Å². The molecule has 5 heteroatoms. The van der Waals surface area contributed by atoms with E-state index < -0.39 is 0 Å². The lowest BCUT2D eigenvalue weighted by atomic mass is 9.95. The first kappa shape index (κ1) is 39.5. The summed E-state index contributed by atoms with van der Waals surface area (Å²) in [5, 5.41) is 1.09. The molecule has 3 heterocycles. The SMILES string of the molecule is c1ccc(-c2cc(-c3ccccc3)nc(-c3cccc(-c4cccc(-c5cccc(-c6cccc(-c7nc(-c8ccccc8)c8c(n7)c7ccccc7n8-c7ccccc7)c6)c5)c4)c3)n2)cc1. The number of benzene rings is 9. The second-order valence-corrected chi connectivity index (χ2v) is 16.7. The maximum absolute atomic E-state index is 5.38. The van der Waals surface area contributed by atoms with Crippen molar-refractivity contribution in [3.8, 4) is 95.6 Å². The van der Waals surface area contributed by atoms with E-state index in [-0.39, 0.29) is 0 Å². The minimum Gasteiger partial charge on any atom is -0.306 e. The molecule has 0 atom stereocenters. The fourth-order valence-corrected chi connectivity index (χ4v) is 9.14. The van der Waals surface area contributed by atoms with Crippen LogP contribution in [0.2, 0.25) is 0 Å². The third kappa shape index (κ3) is 7.64. The van der Waals surface area contributed by atoms with E-state index >= 15 is 0 Å². The van der Waals surface area contributed by atoms with Crippen molar-refractivity contribution < 1.29 is 0 Å². The van der Waals surface area contributed by atoms with Crippen LogP contribution in [0, 0.1) is 0 Å². The first-order valence-electron chi connectivity index (χ1n) is 22.5. The fourth-order valence-electron chi connectivity index (χ4n) is 9.14. The summed E-state index contributed by atoms with van der Waals surface area (Å²) >= 11 is 0. The Kier molecular flexibility index (Phi) is 10.1. The van der Waals surface area contributed by atoms with Crippen LogP contribution >= 0.6 is 0 Å². The van der Waals surface area contributed by atoms with E-state index in [0.29, 0.717) is 11.6 Å². The topological polar surface area (TPSA) is 56.5 Å². The van der Waals surface area contributed by atoms with Crippen molar-refractivity contribution in [2.45, 2.75) is 0 Å². The molecular weight excluding hydrogens is 815 g/mol. The molecular formula is C62H41N5. The molecule has 0 unspecified atom stereocenters. The Labute approximate surface area is 389 Å². The molecule has 12 rings (SSSR count). The normalized spacial score (nSPS) is 11.3. The van der Waals surface area contributed by atoms with Gasteiger partial charge in [-0.15, -0.1) is 0 Å². The zero-order chi connectivity index (χ0) is 44.5. The molecule has 3 aromatic heterocycles. The summed E-state index contributed by atoms with van der Waals surface area (Å²) in [6.45, 7) is 0. The predicted octanol–water partition coefficient (Wildman–Crippen LogP) is 15.7. The van der Waals surface area contributed by atoms with Gasteiger partial charge in [0.05, 0.1) is 28.1 Å². The molecule has 0 aliphatic heterocycles. The number of hydrogen-bond donors (Lipinski definition) is 0. The van der Waals surface area contributed by atoms with Crippen molar-refractivity contribution in [3.05, 3.63) is 249 Å². The van der Waals surface area contributed by atoms with E-state index in [9.17, 15) is 0 Å². The van der Waals surface area contributed by atoms with Gasteiger partial charge in [-0.3, -0.25) is 0 Å². The molecule has 9 aromatic carbocycles. The van der Waals surface area contributed by atoms with Gasteiger partial charge in [-0.2, -0.15) is 0 Å². The Morgan fingerprint density at radius 2 is 0.642 bits per heavy atom. The van der Waals surface area contributed by atoms with Crippen molar-refractivity contribution in [2.75, 3.05) is 0 Å². The van der Waals surface area contributed by atoms with Gasteiger partial charge in [0.15, 0.2) is 11.6 Å². The van der Waals surface area contributed by atoms with Crippen LogP contribution < -0.4 is 0 Å². The summed E-state index contributed by atoms with van der Waals surface area (Å²) in [4.78, 5) is 20.9. The Bertz CT molecular complexity index is 3680. The number of hydrogen-bond acceptors (Lipinski definition) is 4. The Morgan fingerprint density at radius 3 is 1.13 bits per heavy atom. The highest BCUT2D eigenvalue weighted by molar-refractivity contribution is 6.11. The molecule has 0 N–H and O–H groups in total. The van der Waals surface area contributed by atoms with Gasteiger partial charge in [0, 0.05) is 38.9 Å². The molecule has 5 nitrogen and oxygen atoms in total. The molecule has 0 radical (unpaired) electrons. The molecule has 0 aliphatic rings. The first-order chi connectivity index (χ1) is 33.2. The fraction of sp³-hybridized carbons (Fsp3) is 0. The van der Waals surface area contributed by atoms with E-state index in [2.05, 4.69) is 211 Å². The summed E-state index contributed by atoms with van der Waals surface area (Å²) < 4.78 is 2.30. The van der Waals surface area contributed by atoms with Gasteiger partial charge >= 0.3 is 0 Å². The number of para-hydroxylation sites is 2. The summed E-state index contributed by atoms with van der Waals surface area (Å²) in [6.07, 6.45) is 0. The van der Waals surface area contributed by atoms with Crippen molar-refractivity contribution >= 4 is 21.9 Å². The number of aromatic nitrogens is 5. The molecule has 67 heavy (non-hydrogen) atoms. The zero-order valence-corrected chi connectivity index (χ0v) is 36.4. The minimum absolute atomic E-state index is 0.684. The second kappa shape index (κ2) is 17.1. The van der Waals surface area contributed by atoms with Gasteiger partial charge in [-0.05, 0) is 81.9 Å². The molecule has 0 amide bonds. The van der Waals surface area contributed by atoms with Gasteiger partial charge < -0.3 is 4.57 Å². The average Bonchev–Trinajstić information content (AvgIpc) is 3.76. The van der Waals surface area contributed by atoms with Gasteiger partial charge in [-0.1, -0.05) is 200 Å². The smallest absolute Gasteiger partial charge is 0.160 e. The van der Waals surface area contributed by atoms with Crippen LogP contribution in [0.5, 0.6) is 0 Å². The maximum atomic E-state index is 5.38. The molecule has 314 valence electrons. The summed E-state index contributed by atoms with van der Waals surface area (Å²) in [5.41, 5.74) is 18.5. The summed E-state index contributed by atoms with van der Waals surface area (Å²) in [7, 11) is 0. The Balaban J connectivity index is 0.901. The highest BCUT2D eigenvalue weighted by atomic mass is 15.0.